The smallest absolute Gasteiger partial charge is 0.217 e. The van der Waals surface area contributed by atoms with E-state index in [1.165, 1.54) is 4.90 Å². The monoisotopic (exact) mass is 362 g/mol. The molecule has 1 aromatic heterocycles. The maximum atomic E-state index is 6.30. The molecule has 0 unspecified atom stereocenters. The van der Waals surface area contributed by atoms with Crippen LogP contribution in [0.1, 0.15) is 0 Å². The summed E-state index contributed by atoms with van der Waals surface area (Å²) in [6.07, 6.45) is 2.07. The summed E-state index contributed by atoms with van der Waals surface area (Å²) in [4.78, 5) is 10.3. The molecule has 0 aliphatic carbocycles. The van der Waals surface area contributed by atoms with Crippen LogP contribution in [0.25, 0.3) is 33.3 Å². The van der Waals surface area contributed by atoms with Crippen molar-refractivity contribution >= 4 is 34.3 Å². The van der Waals surface area contributed by atoms with Gasteiger partial charge in [0.2, 0.25) is 5.28 Å². The highest BCUT2D eigenvalue weighted by Crippen LogP contribution is 2.36. The van der Waals surface area contributed by atoms with E-state index in [0.29, 0.717) is 0 Å². The van der Waals surface area contributed by atoms with Gasteiger partial charge in [-0.2, -0.15) is 0 Å². The zero-order valence-corrected chi connectivity index (χ0v) is 15.2. The molecular formula is C21H15ClN2S. The lowest BCUT2D eigenvalue weighted by Crippen LogP contribution is -1.94. The Hall–Kier alpha value is -2.36. The second kappa shape index (κ2) is 6.87. The molecule has 4 heteroatoms. The molecule has 0 bridgehead atoms. The standard InChI is InChI=1S/C21H15ClN2S/c1-25-18-13-6-5-10-16(18)20-17-12-7-11-15(14-8-3-2-4-9-14)19(17)23-21(22)24-20/h2-13H,1H3. The minimum absolute atomic E-state index is 0.266. The number of para-hydroxylation sites is 1. The number of thioether (sulfide) groups is 1. The summed E-state index contributed by atoms with van der Waals surface area (Å²) in [7, 11) is 0. The van der Waals surface area contributed by atoms with Gasteiger partial charge in [-0.1, -0.05) is 66.7 Å². The van der Waals surface area contributed by atoms with Crippen molar-refractivity contribution in [2.45, 2.75) is 4.90 Å². The zero-order valence-electron chi connectivity index (χ0n) is 13.6. The number of rotatable bonds is 3. The first-order valence-electron chi connectivity index (χ1n) is 7.93. The Labute approximate surface area is 155 Å². The van der Waals surface area contributed by atoms with Crippen LogP contribution < -0.4 is 0 Å². The summed E-state index contributed by atoms with van der Waals surface area (Å²) < 4.78 is 0. The molecular weight excluding hydrogens is 348 g/mol. The number of nitrogens with zero attached hydrogens (tertiary/aromatic N) is 2. The van der Waals surface area contributed by atoms with E-state index in [4.69, 9.17) is 11.6 Å². The molecule has 0 fully saturated rings. The largest absolute Gasteiger partial charge is 0.223 e. The third-order valence-electron chi connectivity index (χ3n) is 4.15. The lowest BCUT2D eigenvalue weighted by molar-refractivity contribution is 1.21. The zero-order chi connectivity index (χ0) is 17.2. The fraction of sp³-hybridized carbons (Fsp3) is 0.0476. The van der Waals surface area contributed by atoms with Gasteiger partial charge < -0.3 is 0 Å². The summed E-state index contributed by atoms with van der Waals surface area (Å²) in [6.45, 7) is 0. The van der Waals surface area contributed by atoms with E-state index in [-0.39, 0.29) is 5.28 Å². The molecule has 4 aromatic rings. The second-order valence-electron chi connectivity index (χ2n) is 5.61. The molecule has 2 nitrogen and oxygen atoms in total. The van der Waals surface area contributed by atoms with Crippen molar-refractivity contribution in [2.24, 2.45) is 0 Å². The van der Waals surface area contributed by atoms with Gasteiger partial charge in [0, 0.05) is 21.4 Å². The molecule has 0 saturated heterocycles. The summed E-state index contributed by atoms with van der Waals surface area (Å²) in [5.74, 6) is 0. The molecule has 0 spiro atoms. The number of benzene rings is 3. The molecule has 0 amide bonds. The highest BCUT2D eigenvalue weighted by atomic mass is 35.5. The Kier molecular flexibility index (Phi) is 4.43. The average molecular weight is 363 g/mol. The number of fused-ring (bicyclic) bond motifs is 1. The van der Waals surface area contributed by atoms with Crippen LogP contribution in [0.15, 0.2) is 77.7 Å². The lowest BCUT2D eigenvalue weighted by Gasteiger charge is -2.12. The fourth-order valence-corrected chi connectivity index (χ4v) is 3.79. The van der Waals surface area contributed by atoms with Gasteiger partial charge in [0.1, 0.15) is 0 Å². The fourth-order valence-electron chi connectivity index (χ4n) is 3.02. The van der Waals surface area contributed by atoms with E-state index >= 15 is 0 Å². The molecule has 0 aliphatic heterocycles. The molecule has 0 aliphatic rings. The Morgan fingerprint density at radius 2 is 1.48 bits per heavy atom. The molecule has 4 rings (SSSR count). The summed E-state index contributed by atoms with van der Waals surface area (Å²) in [5, 5.41) is 1.27. The second-order valence-corrected chi connectivity index (χ2v) is 6.80. The Morgan fingerprint density at radius 3 is 2.28 bits per heavy atom. The molecule has 0 N–H and O–H groups in total. The minimum Gasteiger partial charge on any atom is -0.217 e. The van der Waals surface area contributed by atoms with Gasteiger partial charge >= 0.3 is 0 Å². The van der Waals surface area contributed by atoms with Crippen LogP contribution in [0.2, 0.25) is 5.28 Å². The minimum atomic E-state index is 0.266. The number of hydrogen-bond donors (Lipinski definition) is 0. The number of halogens is 1. The SMILES string of the molecule is CSc1ccccc1-c1nc(Cl)nc2c(-c3ccccc3)cccc12. The van der Waals surface area contributed by atoms with Crippen molar-refractivity contribution in [1.29, 1.82) is 0 Å². The Morgan fingerprint density at radius 1 is 0.760 bits per heavy atom. The van der Waals surface area contributed by atoms with E-state index < -0.39 is 0 Å². The van der Waals surface area contributed by atoms with E-state index in [2.05, 4.69) is 52.6 Å². The Bertz CT molecular complexity index is 1050. The van der Waals surface area contributed by atoms with Gasteiger partial charge in [0.25, 0.3) is 0 Å². The third-order valence-corrected chi connectivity index (χ3v) is 5.11. The first-order valence-corrected chi connectivity index (χ1v) is 9.53. The van der Waals surface area contributed by atoms with Crippen molar-refractivity contribution in [2.75, 3.05) is 6.26 Å². The molecule has 25 heavy (non-hydrogen) atoms. The quantitative estimate of drug-likeness (QED) is 0.314. The summed E-state index contributed by atoms with van der Waals surface area (Å²) in [6, 6.07) is 24.7. The maximum absolute atomic E-state index is 6.30. The molecule has 122 valence electrons. The van der Waals surface area contributed by atoms with Gasteiger partial charge in [-0.3, -0.25) is 0 Å². The van der Waals surface area contributed by atoms with E-state index in [9.17, 15) is 0 Å². The predicted octanol–water partition coefficient (Wildman–Crippen LogP) is 6.34. The van der Waals surface area contributed by atoms with Crippen LogP contribution in [-0.2, 0) is 0 Å². The molecule has 3 aromatic carbocycles. The maximum Gasteiger partial charge on any atom is 0.223 e. The highest BCUT2D eigenvalue weighted by Gasteiger charge is 2.14. The van der Waals surface area contributed by atoms with Crippen molar-refractivity contribution in [3.05, 3.63) is 78.1 Å². The predicted molar refractivity (Wildman–Crippen MR) is 107 cm³/mol. The van der Waals surface area contributed by atoms with Crippen molar-refractivity contribution in [1.82, 2.24) is 9.97 Å². The number of hydrogen-bond acceptors (Lipinski definition) is 3. The van der Waals surface area contributed by atoms with Gasteiger partial charge in [0.15, 0.2) is 0 Å². The van der Waals surface area contributed by atoms with Gasteiger partial charge in [-0.15, -0.1) is 11.8 Å². The van der Waals surface area contributed by atoms with Crippen LogP contribution in [0.3, 0.4) is 0 Å². The van der Waals surface area contributed by atoms with E-state index in [1.54, 1.807) is 11.8 Å². The van der Waals surface area contributed by atoms with Crippen LogP contribution in [0.5, 0.6) is 0 Å². The first-order chi connectivity index (χ1) is 12.3. The van der Waals surface area contributed by atoms with Crippen LogP contribution in [0, 0.1) is 0 Å². The topological polar surface area (TPSA) is 25.8 Å². The van der Waals surface area contributed by atoms with Crippen molar-refractivity contribution < 1.29 is 0 Å². The average Bonchev–Trinajstić information content (AvgIpc) is 2.67. The molecule has 0 radical (unpaired) electrons. The summed E-state index contributed by atoms with van der Waals surface area (Å²) >= 11 is 8.00. The molecule has 1 heterocycles. The summed E-state index contributed by atoms with van der Waals surface area (Å²) in [5.41, 5.74) is 5.00. The van der Waals surface area contributed by atoms with Crippen LogP contribution in [0.4, 0.5) is 0 Å². The Balaban J connectivity index is 2.05. The molecule has 0 saturated carbocycles. The van der Waals surface area contributed by atoms with Gasteiger partial charge in [-0.05, 0) is 29.5 Å². The van der Waals surface area contributed by atoms with Gasteiger partial charge in [0.05, 0.1) is 11.2 Å². The van der Waals surface area contributed by atoms with E-state index in [1.807, 2.05) is 36.4 Å². The van der Waals surface area contributed by atoms with E-state index in [0.717, 1.165) is 33.3 Å². The lowest BCUT2D eigenvalue weighted by atomic mass is 9.99. The van der Waals surface area contributed by atoms with Gasteiger partial charge in [-0.25, -0.2) is 9.97 Å². The first kappa shape index (κ1) is 16.1. The van der Waals surface area contributed by atoms with Crippen LogP contribution in [-0.4, -0.2) is 16.2 Å². The normalized spacial score (nSPS) is 11.0. The van der Waals surface area contributed by atoms with Crippen molar-refractivity contribution in [3.63, 3.8) is 0 Å². The van der Waals surface area contributed by atoms with Crippen molar-refractivity contribution in [3.8, 4) is 22.4 Å². The third kappa shape index (κ3) is 3.01. The number of aromatic nitrogens is 2. The van der Waals surface area contributed by atoms with Crippen LogP contribution >= 0.6 is 23.4 Å². The highest BCUT2D eigenvalue weighted by molar-refractivity contribution is 7.98. The molecule has 0 atom stereocenters.